The quantitative estimate of drug-likeness (QED) is 0.703. The van der Waals surface area contributed by atoms with Crippen LogP contribution >= 0.6 is 0 Å². The van der Waals surface area contributed by atoms with Crippen LogP contribution in [0.15, 0.2) is 0 Å². The van der Waals surface area contributed by atoms with Crippen molar-refractivity contribution >= 4 is 15.7 Å². The highest BCUT2D eigenvalue weighted by molar-refractivity contribution is 7.92. The summed E-state index contributed by atoms with van der Waals surface area (Å²) in [5, 5.41) is -0.939. The average molecular weight is 248 g/mol. The topological polar surface area (TPSA) is 80.5 Å². The van der Waals surface area contributed by atoms with Gasteiger partial charge in [0.05, 0.1) is 0 Å². The normalized spacial score (nSPS) is 18.2. The zero-order chi connectivity index (χ0) is 12.3. The third-order valence-electron chi connectivity index (χ3n) is 2.86. The highest BCUT2D eigenvalue weighted by Gasteiger charge is 2.36. The molecule has 94 valence electrons. The van der Waals surface area contributed by atoms with Crippen LogP contribution in [-0.4, -0.2) is 49.9 Å². The van der Waals surface area contributed by atoms with Crippen LogP contribution in [0.2, 0.25) is 0 Å². The highest BCUT2D eigenvalue weighted by Crippen LogP contribution is 2.28. The average Bonchev–Trinajstić information content (AvgIpc) is 2.99. The Balaban J connectivity index is 2.67. The summed E-state index contributed by atoms with van der Waals surface area (Å²) in [6, 6.07) is 0.239. The molecule has 0 bridgehead atoms. The van der Waals surface area contributed by atoms with Gasteiger partial charge in [-0.15, -0.1) is 0 Å². The van der Waals surface area contributed by atoms with Crippen molar-refractivity contribution in [3.8, 4) is 0 Å². The molecule has 0 saturated heterocycles. The van der Waals surface area contributed by atoms with E-state index in [1.165, 1.54) is 6.92 Å². The van der Waals surface area contributed by atoms with Gasteiger partial charge >= 0.3 is 0 Å². The SMILES string of the molecule is CC(C(=O)N(CCCN)C1CC1)S(C)(=O)=O. The standard InChI is InChI=1S/C10H20N2O3S/c1-8(16(2,14)15)10(13)12(7-3-6-11)9-4-5-9/h8-9H,3-7,11H2,1-2H3. The Kier molecular flexibility index (Phi) is 4.32. The lowest BCUT2D eigenvalue weighted by molar-refractivity contribution is -0.131. The van der Waals surface area contributed by atoms with Crippen molar-refractivity contribution in [3.63, 3.8) is 0 Å². The van der Waals surface area contributed by atoms with Gasteiger partial charge in [0.1, 0.15) is 5.25 Å². The van der Waals surface area contributed by atoms with E-state index in [1.807, 2.05) is 0 Å². The molecule has 0 spiro atoms. The van der Waals surface area contributed by atoms with Crippen LogP contribution in [0, 0.1) is 0 Å². The minimum absolute atomic E-state index is 0.239. The van der Waals surface area contributed by atoms with E-state index in [-0.39, 0.29) is 11.9 Å². The first-order valence-corrected chi connectivity index (χ1v) is 7.52. The van der Waals surface area contributed by atoms with Gasteiger partial charge in [-0.25, -0.2) is 8.42 Å². The summed E-state index contributed by atoms with van der Waals surface area (Å²) in [5.74, 6) is -0.279. The molecule has 1 rings (SSSR count). The van der Waals surface area contributed by atoms with Crippen molar-refractivity contribution in [1.82, 2.24) is 4.90 Å². The Labute approximate surface area is 96.9 Å². The monoisotopic (exact) mass is 248 g/mol. The number of rotatable bonds is 6. The molecule has 0 aromatic heterocycles. The predicted molar refractivity (Wildman–Crippen MR) is 62.7 cm³/mol. The fraction of sp³-hybridized carbons (Fsp3) is 0.900. The van der Waals surface area contributed by atoms with Crippen LogP contribution in [0.4, 0.5) is 0 Å². The van der Waals surface area contributed by atoms with Crippen LogP contribution in [-0.2, 0) is 14.6 Å². The molecule has 1 aliphatic rings. The lowest BCUT2D eigenvalue weighted by Gasteiger charge is -2.24. The summed E-state index contributed by atoms with van der Waals surface area (Å²) in [7, 11) is -3.30. The fourth-order valence-corrected chi connectivity index (χ4v) is 2.04. The third-order valence-corrected chi connectivity index (χ3v) is 4.35. The molecule has 0 radical (unpaired) electrons. The summed E-state index contributed by atoms with van der Waals surface area (Å²) in [5.41, 5.74) is 5.40. The Hall–Kier alpha value is -0.620. The Bertz CT molecular complexity index is 349. The van der Waals surface area contributed by atoms with Gasteiger partial charge < -0.3 is 10.6 Å². The Morgan fingerprint density at radius 2 is 2.06 bits per heavy atom. The molecule has 1 unspecified atom stereocenters. The van der Waals surface area contributed by atoms with Crippen LogP contribution < -0.4 is 5.73 Å². The molecule has 5 nitrogen and oxygen atoms in total. The lowest BCUT2D eigenvalue weighted by Crippen LogP contribution is -2.43. The zero-order valence-corrected chi connectivity index (χ0v) is 10.7. The maximum Gasteiger partial charge on any atom is 0.240 e. The zero-order valence-electron chi connectivity index (χ0n) is 9.85. The first-order chi connectivity index (χ1) is 7.38. The second-order valence-corrected chi connectivity index (χ2v) is 6.74. The van der Waals surface area contributed by atoms with E-state index in [9.17, 15) is 13.2 Å². The van der Waals surface area contributed by atoms with Crippen molar-refractivity contribution in [2.24, 2.45) is 5.73 Å². The molecule has 0 heterocycles. The first kappa shape index (κ1) is 13.4. The molecular formula is C10H20N2O3S. The molecule has 1 aliphatic carbocycles. The summed E-state index contributed by atoms with van der Waals surface area (Å²) in [6.07, 6.45) is 3.78. The number of hydrogen-bond donors (Lipinski definition) is 1. The van der Waals surface area contributed by atoms with Gasteiger partial charge in [0.15, 0.2) is 9.84 Å². The smallest absolute Gasteiger partial charge is 0.240 e. The van der Waals surface area contributed by atoms with E-state index >= 15 is 0 Å². The molecule has 1 atom stereocenters. The van der Waals surface area contributed by atoms with E-state index < -0.39 is 15.1 Å². The van der Waals surface area contributed by atoms with Crippen LogP contribution in [0.3, 0.4) is 0 Å². The third kappa shape index (κ3) is 3.45. The van der Waals surface area contributed by atoms with E-state index in [2.05, 4.69) is 0 Å². The number of amides is 1. The molecule has 0 aromatic carbocycles. The molecular weight excluding hydrogens is 228 g/mol. The molecule has 1 fully saturated rings. The minimum Gasteiger partial charge on any atom is -0.339 e. The van der Waals surface area contributed by atoms with Crippen molar-refractivity contribution in [2.45, 2.75) is 37.5 Å². The summed E-state index contributed by atoms with van der Waals surface area (Å²) in [6.45, 7) is 2.54. The van der Waals surface area contributed by atoms with Crippen LogP contribution in [0.25, 0.3) is 0 Å². The minimum atomic E-state index is -3.30. The van der Waals surface area contributed by atoms with Crippen LogP contribution in [0.5, 0.6) is 0 Å². The van der Waals surface area contributed by atoms with Gasteiger partial charge in [-0.05, 0) is 32.7 Å². The molecule has 0 aromatic rings. The molecule has 6 heteroatoms. The van der Waals surface area contributed by atoms with E-state index in [0.717, 1.165) is 25.5 Å². The molecule has 16 heavy (non-hydrogen) atoms. The molecule has 1 saturated carbocycles. The molecule has 1 amide bonds. The van der Waals surface area contributed by atoms with Gasteiger partial charge in [0, 0.05) is 18.8 Å². The Morgan fingerprint density at radius 3 is 2.44 bits per heavy atom. The Morgan fingerprint density at radius 1 is 1.50 bits per heavy atom. The first-order valence-electron chi connectivity index (χ1n) is 5.57. The summed E-state index contributed by atoms with van der Waals surface area (Å²) < 4.78 is 22.6. The molecule has 2 N–H and O–H groups in total. The lowest BCUT2D eigenvalue weighted by atomic mass is 10.3. The summed E-state index contributed by atoms with van der Waals surface area (Å²) in [4.78, 5) is 13.7. The van der Waals surface area contributed by atoms with Gasteiger partial charge in [0.25, 0.3) is 0 Å². The van der Waals surface area contributed by atoms with Crippen molar-refractivity contribution < 1.29 is 13.2 Å². The number of carbonyl (C=O) groups excluding carboxylic acids is 1. The number of nitrogens with two attached hydrogens (primary N) is 1. The van der Waals surface area contributed by atoms with Gasteiger partial charge in [0.2, 0.25) is 5.91 Å². The number of nitrogens with zero attached hydrogens (tertiary/aromatic N) is 1. The van der Waals surface area contributed by atoms with Gasteiger partial charge in [-0.2, -0.15) is 0 Å². The number of carbonyl (C=O) groups is 1. The molecule has 0 aliphatic heterocycles. The van der Waals surface area contributed by atoms with Crippen LogP contribution in [0.1, 0.15) is 26.2 Å². The van der Waals surface area contributed by atoms with Gasteiger partial charge in [-0.1, -0.05) is 0 Å². The van der Waals surface area contributed by atoms with E-state index in [4.69, 9.17) is 5.73 Å². The highest BCUT2D eigenvalue weighted by atomic mass is 32.2. The number of hydrogen-bond acceptors (Lipinski definition) is 4. The van der Waals surface area contributed by atoms with E-state index in [1.54, 1.807) is 4.90 Å². The predicted octanol–water partition coefficient (Wildman–Crippen LogP) is -0.241. The maximum absolute atomic E-state index is 12.0. The fourth-order valence-electron chi connectivity index (χ4n) is 1.54. The van der Waals surface area contributed by atoms with Crippen molar-refractivity contribution in [1.29, 1.82) is 0 Å². The van der Waals surface area contributed by atoms with Crippen molar-refractivity contribution in [2.75, 3.05) is 19.3 Å². The van der Waals surface area contributed by atoms with Gasteiger partial charge in [-0.3, -0.25) is 4.79 Å². The van der Waals surface area contributed by atoms with E-state index in [0.29, 0.717) is 13.1 Å². The number of sulfone groups is 1. The second kappa shape index (κ2) is 5.14. The largest absolute Gasteiger partial charge is 0.339 e. The summed E-state index contributed by atoms with van der Waals surface area (Å²) >= 11 is 0. The maximum atomic E-state index is 12.0. The second-order valence-electron chi connectivity index (χ2n) is 4.38. The van der Waals surface area contributed by atoms with Crippen molar-refractivity contribution in [3.05, 3.63) is 0 Å².